The number of allylic oxidation sites excluding steroid dienone is 2. The number of rotatable bonds is 5. The Balaban J connectivity index is 1.22. The lowest BCUT2D eigenvalue weighted by atomic mass is 9.43. The van der Waals surface area contributed by atoms with Gasteiger partial charge >= 0.3 is 0 Å². The van der Waals surface area contributed by atoms with Crippen LogP contribution < -0.4 is 5.32 Å². The van der Waals surface area contributed by atoms with E-state index >= 15 is 0 Å². The normalized spacial score (nSPS) is 31.7. The number of nitrogens with zero attached hydrogens (tertiary/aromatic N) is 1. The van der Waals surface area contributed by atoms with E-state index in [9.17, 15) is 15.0 Å². The maximum absolute atomic E-state index is 12.8. The van der Waals surface area contributed by atoms with Crippen molar-refractivity contribution in [3.8, 4) is 5.75 Å². The Morgan fingerprint density at radius 2 is 1.94 bits per heavy atom. The van der Waals surface area contributed by atoms with Gasteiger partial charge in [-0.3, -0.25) is 4.79 Å². The number of nitrogens with one attached hydrogen (secondary N) is 1. The first kappa shape index (κ1) is 25.4. The predicted molar refractivity (Wildman–Crippen MR) is 146 cm³/mol. The van der Waals surface area contributed by atoms with Crippen LogP contribution in [0, 0.1) is 28.6 Å². The zero-order valence-corrected chi connectivity index (χ0v) is 22.7. The number of hydrogen-bond acceptors (Lipinski definition) is 3. The number of benzene rings is 1. The van der Waals surface area contributed by atoms with E-state index in [1.54, 1.807) is 17.3 Å². The number of aromatic nitrogens is 1. The highest BCUT2D eigenvalue weighted by Crippen LogP contribution is 2.64. The highest BCUT2D eigenvalue weighted by atomic mass is 16.3. The maximum Gasteiger partial charge on any atom is 0.224 e. The second-order valence-electron chi connectivity index (χ2n) is 12.8. The second-order valence-corrected chi connectivity index (χ2v) is 12.8. The van der Waals surface area contributed by atoms with E-state index < -0.39 is 0 Å². The molecule has 5 nitrogen and oxygen atoms in total. The van der Waals surface area contributed by atoms with Crippen molar-refractivity contribution in [1.82, 2.24) is 4.57 Å². The van der Waals surface area contributed by atoms with Crippen LogP contribution in [0.5, 0.6) is 5.75 Å². The number of hydrogen-bond donors (Lipinski definition) is 3. The molecule has 0 bridgehead atoms. The molecule has 2 fully saturated rings. The Kier molecular flexibility index (Phi) is 6.51. The molecule has 0 aliphatic heterocycles. The van der Waals surface area contributed by atoms with Crippen LogP contribution in [0.1, 0.15) is 85.5 Å². The van der Waals surface area contributed by atoms with Gasteiger partial charge < -0.3 is 20.1 Å². The molecule has 1 heterocycles. The number of fused-ring (bicyclic) bond motifs is 4. The van der Waals surface area contributed by atoms with E-state index in [0.717, 1.165) is 42.3 Å². The monoisotopic (exact) mass is 492 g/mol. The first-order valence-corrected chi connectivity index (χ1v) is 14.0. The van der Waals surface area contributed by atoms with Gasteiger partial charge in [-0.1, -0.05) is 31.9 Å². The highest BCUT2D eigenvalue weighted by molar-refractivity contribution is 5.95. The molecule has 3 aliphatic carbocycles. The van der Waals surface area contributed by atoms with Crippen molar-refractivity contribution < 1.29 is 15.0 Å². The average molecular weight is 493 g/mol. The minimum atomic E-state index is -0.183. The number of aliphatic hydroxyl groups excluding tert-OH is 1. The van der Waals surface area contributed by atoms with Gasteiger partial charge in [0.1, 0.15) is 5.75 Å². The van der Waals surface area contributed by atoms with Gasteiger partial charge in [-0.15, -0.1) is 0 Å². The summed E-state index contributed by atoms with van der Waals surface area (Å²) in [5.41, 5.74) is 5.15. The quantitative estimate of drug-likeness (QED) is 0.396. The minimum absolute atomic E-state index is 0.00795. The Hall–Kier alpha value is -2.27. The molecular formula is C31H44N2O3. The standard InChI is InChI=1S/C31H44N2O3/c1-19-9-12-24-22(11-14-27-30(2,3)28(35)15-16-31(24,27)4)21(19)7-6-8-29(36)32-20-10-13-25-23(17-20)26(34)18-33(25)5/h10,13,17-18,22,24,27-28,34-35H,6-9,11-12,14-16H2,1-5H3,(H,32,36)/t22-,24-,27-,28-,31+/m0/s1. The molecule has 196 valence electrons. The van der Waals surface area contributed by atoms with E-state index in [1.807, 2.05) is 29.8 Å². The largest absolute Gasteiger partial charge is 0.506 e. The third-order valence-corrected chi connectivity index (χ3v) is 10.5. The summed E-state index contributed by atoms with van der Waals surface area (Å²) in [6, 6.07) is 5.69. The molecule has 0 saturated heterocycles. The molecule has 1 aromatic heterocycles. The van der Waals surface area contributed by atoms with E-state index in [-0.39, 0.29) is 23.2 Å². The fourth-order valence-electron chi connectivity index (χ4n) is 8.54. The van der Waals surface area contributed by atoms with Crippen LogP contribution in [0.2, 0.25) is 0 Å². The molecule has 3 aliphatic rings. The molecule has 5 atom stereocenters. The summed E-state index contributed by atoms with van der Waals surface area (Å²) in [6.07, 6.45) is 10.8. The van der Waals surface area contributed by atoms with Crippen LogP contribution in [-0.4, -0.2) is 26.8 Å². The van der Waals surface area contributed by atoms with E-state index in [4.69, 9.17) is 0 Å². The average Bonchev–Trinajstić information content (AvgIpc) is 3.10. The van der Waals surface area contributed by atoms with Gasteiger partial charge in [-0.25, -0.2) is 0 Å². The van der Waals surface area contributed by atoms with E-state index in [1.165, 1.54) is 25.7 Å². The van der Waals surface area contributed by atoms with E-state index in [2.05, 4.69) is 33.0 Å². The molecule has 5 rings (SSSR count). The zero-order valence-electron chi connectivity index (χ0n) is 22.7. The zero-order chi connectivity index (χ0) is 25.8. The van der Waals surface area contributed by atoms with Gasteiger partial charge in [0.05, 0.1) is 11.6 Å². The molecule has 3 N–H and O–H groups in total. The second kappa shape index (κ2) is 9.24. The van der Waals surface area contributed by atoms with Gasteiger partial charge in [0, 0.05) is 30.7 Å². The third kappa shape index (κ3) is 4.17. The first-order chi connectivity index (χ1) is 17.0. The van der Waals surface area contributed by atoms with Gasteiger partial charge in [0.2, 0.25) is 5.91 Å². The SMILES string of the molecule is CC1=C(CCCC(=O)Nc2ccc3c(c2)c(O)cn3C)[C@@H]2CC[C@H]3C(C)(C)[C@@H](O)CC[C@]3(C)[C@H]2CC1. The van der Waals surface area contributed by atoms with Crippen molar-refractivity contribution in [2.24, 2.45) is 35.6 Å². The Morgan fingerprint density at radius 3 is 2.72 bits per heavy atom. The van der Waals surface area contributed by atoms with Gasteiger partial charge in [0.15, 0.2) is 0 Å². The number of amides is 1. The molecule has 0 spiro atoms. The highest BCUT2D eigenvalue weighted by Gasteiger charge is 2.58. The minimum Gasteiger partial charge on any atom is -0.506 e. The fourth-order valence-corrected chi connectivity index (χ4v) is 8.54. The number of anilines is 1. The van der Waals surface area contributed by atoms with Crippen LogP contribution in [0.15, 0.2) is 35.5 Å². The number of aromatic hydroxyl groups is 1. The van der Waals surface area contributed by atoms with E-state index in [0.29, 0.717) is 29.6 Å². The molecule has 1 aromatic carbocycles. The van der Waals surface area contributed by atoms with Crippen molar-refractivity contribution in [2.75, 3.05) is 5.32 Å². The summed E-state index contributed by atoms with van der Waals surface area (Å²) in [7, 11) is 1.90. The van der Waals surface area contributed by atoms with Crippen LogP contribution >= 0.6 is 0 Å². The third-order valence-electron chi connectivity index (χ3n) is 10.5. The van der Waals surface area contributed by atoms with Crippen LogP contribution in [0.25, 0.3) is 10.9 Å². The number of carbonyl (C=O) groups excluding carboxylic acids is 1. The summed E-state index contributed by atoms with van der Waals surface area (Å²) in [4.78, 5) is 12.8. The smallest absolute Gasteiger partial charge is 0.224 e. The Morgan fingerprint density at radius 1 is 1.17 bits per heavy atom. The molecule has 36 heavy (non-hydrogen) atoms. The summed E-state index contributed by atoms with van der Waals surface area (Å²) < 4.78 is 1.88. The molecule has 2 saturated carbocycles. The van der Waals surface area contributed by atoms with Crippen molar-refractivity contribution in [3.63, 3.8) is 0 Å². The predicted octanol–water partition coefficient (Wildman–Crippen LogP) is 6.93. The lowest BCUT2D eigenvalue weighted by Crippen LogP contribution is -2.56. The topological polar surface area (TPSA) is 74.5 Å². The van der Waals surface area contributed by atoms with Gasteiger partial charge in [0.25, 0.3) is 0 Å². The summed E-state index contributed by atoms with van der Waals surface area (Å²) in [6.45, 7) is 9.42. The van der Waals surface area contributed by atoms with Gasteiger partial charge in [-0.05, 0) is 105 Å². The first-order valence-electron chi connectivity index (χ1n) is 14.0. The van der Waals surface area contributed by atoms with Crippen molar-refractivity contribution in [3.05, 3.63) is 35.5 Å². The van der Waals surface area contributed by atoms with Crippen LogP contribution in [-0.2, 0) is 11.8 Å². The molecule has 0 unspecified atom stereocenters. The maximum atomic E-state index is 12.8. The molecule has 0 radical (unpaired) electrons. The summed E-state index contributed by atoms with van der Waals surface area (Å²) in [5, 5.41) is 24.7. The van der Waals surface area contributed by atoms with Crippen molar-refractivity contribution in [2.45, 2.75) is 91.6 Å². The molecule has 5 heteroatoms. The molecule has 1 amide bonds. The Labute approximate surface area is 216 Å². The lowest BCUT2D eigenvalue weighted by Gasteiger charge is -2.62. The fraction of sp³-hybridized carbons (Fsp3) is 0.645. The van der Waals surface area contributed by atoms with Gasteiger partial charge in [-0.2, -0.15) is 0 Å². The van der Waals surface area contributed by atoms with Crippen LogP contribution in [0.3, 0.4) is 0 Å². The Bertz CT molecular complexity index is 1190. The van der Waals surface area contributed by atoms with Crippen molar-refractivity contribution in [1.29, 1.82) is 0 Å². The number of carbonyl (C=O) groups is 1. The van der Waals surface area contributed by atoms with Crippen molar-refractivity contribution >= 4 is 22.5 Å². The molecule has 2 aromatic rings. The lowest BCUT2D eigenvalue weighted by molar-refractivity contribution is -0.149. The number of aryl methyl sites for hydroxylation is 1. The summed E-state index contributed by atoms with van der Waals surface area (Å²) in [5.74, 6) is 2.19. The molecular weight excluding hydrogens is 448 g/mol. The number of aliphatic hydroxyl groups is 1. The van der Waals surface area contributed by atoms with Crippen LogP contribution in [0.4, 0.5) is 5.69 Å². The summed E-state index contributed by atoms with van der Waals surface area (Å²) >= 11 is 0.